The van der Waals surface area contributed by atoms with Gasteiger partial charge < -0.3 is 10.1 Å². The molecule has 1 fully saturated rings. The van der Waals surface area contributed by atoms with E-state index in [0.29, 0.717) is 5.92 Å². The van der Waals surface area contributed by atoms with Crippen molar-refractivity contribution < 1.29 is 9.53 Å². The van der Waals surface area contributed by atoms with Crippen molar-refractivity contribution in [1.29, 1.82) is 0 Å². The van der Waals surface area contributed by atoms with Crippen LogP contribution in [0, 0.1) is 5.92 Å². The van der Waals surface area contributed by atoms with Gasteiger partial charge in [-0.1, -0.05) is 26.0 Å². The van der Waals surface area contributed by atoms with Gasteiger partial charge in [0.05, 0.1) is 13.2 Å². The summed E-state index contributed by atoms with van der Waals surface area (Å²) >= 11 is 0. The molecule has 1 saturated heterocycles. The molecule has 2 rings (SSSR count). The molecule has 1 N–H and O–H groups in total. The molecule has 1 aromatic carbocycles. The second kappa shape index (κ2) is 7.57. The van der Waals surface area contributed by atoms with E-state index in [4.69, 9.17) is 4.74 Å². The van der Waals surface area contributed by atoms with Gasteiger partial charge in [-0.05, 0) is 30.5 Å². The van der Waals surface area contributed by atoms with Gasteiger partial charge in [-0.15, -0.1) is 0 Å². The molecule has 0 saturated carbocycles. The predicted octanol–water partition coefficient (Wildman–Crippen LogP) is 2.29. The number of hydrogen-bond donors (Lipinski definition) is 1. The Labute approximate surface area is 127 Å². The highest BCUT2D eigenvalue weighted by Crippen LogP contribution is 2.10. The Hall–Kier alpha value is -1.39. The van der Waals surface area contributed by atoms with Crippen molar-refractivity contribution in [2.75, 3.05) is 26.3 Å². The predicted molar refractivity (Wildman–Crippen MR) is 84.3 cm³/mol. The van der Waals surface area contributed by atoms with Crippen LogP contribution in [0.2, 0.25) is 0 Å². The number of rotatable bonds is 5. The standard InChI is InChI=1S/C17H26N2O2/c1-13(2)14(3)18-17(20)16-6-4-15(5-7-16)12-19-8-10-21-11-9-19/h4-7,13-14H,8-12H2,1-3H3,(H,18,20)/t14-/m0/s1. The van der Waals surface area contributed by atoms with E-state index >= 15 is 0 Å². The highest BCUT2D eigenvalue weighted by molar-refractivity contribution is 5.94. The summed E-state index contributed by atoms with van der Waals surface area (Å²) in [5.41, 5.74) is 1.97. The van der Waals surface area contributed by atoms with E-state index in [1.165, 1.54) is 5.56 Å². The third kappa shape index (κ3) is 4.83. The van der Waals surface area contributed by atoms with Crippen molar-refractivity contribution >= 4 is 5.91 Å². The fourth-order valence-corrected chi connectivity index (χ4v) is 2.24. The summed E-state index contributed by atoms with van der Waals surface area (Å²) in [5, 5.41) is 3.03. The minimum atomic E-state index is 0.00845. The number of carbonyl (C=O) groups is 1. The molecule has 1 aliphatic rings. The van der Waals surface area contributed by atoms with E-state index < -0.39 is 0 Å². The maximum absolute atomic E-state index is 12.1. The SMILES string of the molecule is CC(C)[C@H](C)NC(=O)c1ccc(CN2CCOCC2)cc1. The van der Waals surface area contributed by atoms with Crippen LogP contribution >= 0.6 is 0 Å². The molecule has 0 aromatic heterocycles. The molecular formula is C17H26N2O2. The van der Waals surface area contributed by atoms with Crippen LogP contribution in [-0.4, -0.2) is 43.2 Å². The summed E-state index contributed by atoms with van der Waals surface area (Å²) in [6, 6.07) is 8.11. The fraction of sp³-hybridized carbons (Fsp3) is 0.588. The molecule has 1 atom stereocenters. The lowest BCUT2D eigenvalue weighted by Crippen LogP contribution is -2.36. The number of nitrogens with zero attached hydrogens (tertiary/aromatic N) is 1. The molecule has 4 nitrogen and oxygen atoms in total. The normalized spacial score (nSPS) is 17.7. The first-order valence-electron chi connectivity index (χ1n) is 7.76. The fourth-order valence-electron chi connectivity index (χ4n) is 2.24. The number of nitrogens with one attached hydrogen (secondary N) is 1. The molecule has 0 bridgehead atoms. The van der Waals surface area contributed by atoms with Crippen molar-refractivity contribution in [2.45, 2.75) is 33.4 Å². The molecule has 1 aromatic rings. The summed E-state index contributed by atoms with van der Waals surface area (Å²) in [7, 11) is 0. The largest absolute Gasteiger partial charge is 0.379 e. The average Bonchev–Trinajstić information content (AvgIpc) is 2.48. The molecule has 1 amide bonds. The van der Waals surface area contributed by atoms with E-state index in [9.17, 15) is 4.79 Å². The summed E-state index contributed by atoms with van der Waals surface area (Å²) in [5.74, 6) is 0.448. The maximum Gasteiger partial charge on any atom is 0.251 e. The second-order valence-corrected chi connectivity index (χ2v) is 6.09. The highest BCUT2D eigenvalue weighted by atomic mass is 16.5. The first-order valence-corrected chi connectivity index (χ1v) is 7.76. The number of ether oxygens (including phenoxy) is 1. The van der Waals surface area contributed by atoms with Crippen molar-refractivity contribution in [3.05, 3.63) is 35.4 Å². The van der Waals surface area contributed by atoms with Crippen LogP contribution in [0.15, 0.2) is 24.3 Å². The van der Waals surface area contributed by atoms with Gasteiger partial charge in [0, 0.05) is 31.2 Å². The van der Waals surface area contributed by atoms with Crippen LogP contribution in [0.4, 0.5) is 0 Å². The summed E-state index contributed by atoms with van der Waals surface area (Å²) in [6.07, 6.45) is 0. The van der Waals surface area contributed by atoms with Gasteiger partial charge in [0.1, 0.15) is 0 Å². The van der Waals surface area contributed by atoms with Gasteiger partial charge in [-0.2, -0.15) is 0 Å². The van der Waals surface area contributed by atoms with Crippen molar-refractivity contribution in [3.8, 4) is 0 Å². The Bertz CT molecular complexity index is 450. The van der Waals surface area contributed by atoms with Gasteiger partial charge in [0.25, 0.3) is 5.91 Å². The molecule has 116 valence electrons. The Morgan fingerprint density at radius 2 is 1.81 bits per heavy atom. The average molecular weight is 290 g/mol. The molecule has 1 heterocycles. The summed E-state index contributed by atoms with van der Waals surface area (Å²) in [4.78, 5) is 14.5. The maximum atomic E-state index is 12.1. The number of amides is 1. The van der Waals surface area contributed by atoms with E-state index in [1.54, 1.807) is 0 Å². The summed E-state index contributed by atoms with van der Waals surface area (Å²) < 4.78 is 5.35. The smallest absolute Gasteiger partial charge is 0.251 e. The number of morpholine rings is 1. The molecule has 0 unspecified atom stereocenters. The Kier molecular flexibility index (Phi) is 5.76. The molecule has 0 spiro atoms. The lowest BCUT2D eigenvalue weighted by atomic mass is 10.1. The Morgan fingerprint density at radius 1 is 1.19 bits per heavy atom. The van der Waals surface area contributed by atoms with Gasteiger partial charge in [-0.25, -0.2) is 0 Å². The lowest BCUT2D eigenvalue weighted by Gasteiger charge is -2.26. The van der Waals surface area contributed by atoms with Crippen molar-refractivity contribution in [1.82, 2.24) is 10.2 Å². The lowest BCUT2D eigenvalue weighted by molar-refractivity contribution is 0.0342. The van der Waals surface area contributed by atoms with Gasteiger partial charge in [-0.3, -0.25) is 9.69 Å². The monoisotopic (exact) mass is 290 g/mol. The first kappa shape index (κ1) is 16.0. The molecular weight excluding hydrogens is 264 g/mol. The van der Waals surface area contributed by atoms with E-state index in [1.807, 2.05) is 31.2 Å². The first-order chi connectivity index (χ1) is 10.1. The Balaban J connectivity index is 1.90. The number of carbonyl (C=O) groups excluding carboxylic acids is 1. The van der Waals surface area contributed by atoms with E-state index in [2.05, 4.69) is 24.1 Å². The topological polar surface area (TPSA) is 41.6 Å². The van der Waals surface area contributed by atoms with Crippen LogP contribution in [-0.2, 0) is 11.3 Å². The molecule has 0 radical (unpaired) electrons. The zero-order valence-corrected chi connectivity index (χ0v) is 13.3. The van der Waals surface area contributed by atoms with Gasteiger partial charge in [0.2, 0.25) is 0 Å². The Morgan fingerprint density at radius 3 is 2.38 bits per heavy atom. The zero-order chi connectivity index (χ0) is 15.2. The minimum absolute atomic E-state index is 0.00845. The van der Waals surface area contributed by atoms with Crippen molar-refractivity contribution in [3.63, 3.8) is 0 Å². The molecule has 4 heteroatoms. The number of hydrogen-bond acceptors (Lipinski definition) is 3. The van der Waals surface area contributed by atoms with Gasteiger partial charge >= 0.3 is 0 Å². The molecule has 0 aliphatic carbocycles. The van der Waals surface area contributed by atoms with E-state index in [-0.39, 0.29) is 11.9 Å². The van der Waals surface area contributed by atoms with Crippen molar-refractivity contribution in [2.24, 2.45) is 5.92 Å². The van der Waals surface area contributed by atoms with Crippen LogP contribution < -0.4 is 5.32 Å². The summed E-state index contributed by atoms with van der Waals surface area (Å²) in [6.45, 7) is 10.8. The molecule has 1 aliphatic heterocycles. The van der Waals surface area contributed by atoms with Crippen LogP contribution in [0.1, 0.15) is 36.7 Å². The van der Waals surface area contributed by atoms with E-state index in [0.717, 1.165) is 38.4 Å². The van der Waals surface area contributed by atoms with Crippen LogP contribution in [0.5, 0.6) is 0 Å². The van der Waals surface area contributed by atoms with Gasteiger partial charge in [0.15, 0.2) is 0 Å². The highest BCUT2D eigenvalue weighted by Gasteiger charge is 2.13. The third-order valence-corrected chi connectivity index (χ3v) is 4.08. The van der Waals surface area contributed by atoms with Crippen LogP contribution in [0.3, 0.4) is 0 Å². The third-order valence-electron chi connectivity index (χ3n) is 4.08. The second-order valence-electron chi connectivity index (χ2n) is 6.09. The minimum Gasteiger partial charge on any atom is -0.379 e. The zero-order valence-electron chi connectivity index (χ0n) is 13.3. The van der Waals surface area contributed by atoms with Crippen LogP contribution in [0.25, 0.3) is 0 Å². The number of benzene rings is 1. The quantitative estimate of drug-likeness (QED) is 0.904. The molecule has 21 heavy (non-hydrogen) atoms.